The third-order valence-electron chi connectivity index (χ3n) is 3.69. The summed E-state index contributed by atoms with van der Waals surface area (Å²) in [5, 5.41) is 9.62. The summed E-state index contributed by atoms with van der Waals surface area (Å²) in [7, 11) is 0. The van der Waals surface area contributed by atoms with Gasteiger partial charge >= 0.3 is 12.1 Å². The summed E-state index contributed by atoms with van der Waals surface area (Å²) in [5.41, 5.74) is -1.35. The van der Waals surface area contributed by atoms with E-state index in [0.29, 0.717) is 10.2 Å². The van der Waals surface area contributed by atoms with Crippen molar-refractivity contribution in [3.63, 3.8) is 0 Å². The van der Waals surface area contributed by atoms with E-state index in [-0.39, 0.29) is 32.5 Å². The normalized spacial score (nSPS) is 16.5. The third-order valence-corrected chi connectivity index (χ3v) is 4.34. The molecule has 1 aromatic carbocycles. The molecule has 1 saturated heterocycles. The van der Waals surface area contributed by atoms with Crippen molar-refractivity contribution in [2.24, 2.45) is 0 Å². The minimum Gasteiger partial charge on any atom is -0.478 e. The number of carbonyl (C=O) groups excluding carboxylic acids is 1. The van der Waals surface area contributed by atoms with E-state index in [4.69, 9.17) is 9.47 Å². The molecule has 0 bridgehead atoms. The average molecular weight is 384 g/mol. The van der Waals surface area contributed by atoms with Crippen molar-refractivity contribution < 1.29 is 24.2 Å². The first-order chi connectivity index (χ1) is 11.0. The summed E-state index contributed by atoms with van der Waals surface area (Å²) in [6.07, 6.45) is 1.39. The predicted octanol–water partition coefficient (Wildman–Crippen LogP) is 3.07. The van der Waals surface area contributed by atoms with Crippen LogP contribution in [0.2, 0.25) is 0 Å². The molecule has 0 saturated carbocycles. The molecule has 124 valence electrons. The number of hydrogen-bond acceptors (Lipinski definition) is 4. The Kier molecular flexibility index (Phi) is 5.65. The molecule has 7 heteroatoms. The zero-order chi connectivity index (χ0) is 16.9. The Labute approximate surface area is 142 Å². The van der Waals surface area contributed by atoms with Crippen LogP contribution in [0.3, 0.4) is 0 Å². The molecule has 1 fully saturated rings. The first-order valence-electron chi connectivity index (χ1n) is 7.18. The molecule has 23 heavy (non-hydrogen) atoms. The van der Waals surface area contributed by atoms with E-state index in [1.807, 2.05) is 6.07 Å². The number of carbonyl (C=O) groups is 2. The fraction of sp³-hybridized carbons (Fsp3) is 0.375. The standard InChI is InChI=1S/C16H18BrNO5/c1-2-11-22-15(21)18-9-7-16(8-10-18,14(19)20)23-13-6-4-3-5-12(13)17/h2-6H,1,7-11H2,(H,19,20). The summed E-state index contributed by atoms with van der Waals surface area (Å²) < 4.78 is 11.5. The first kappa shape index (κ1) is 17.3. The van der Waals surface area contributed by atoms with Gasteiger partial charge in [-0.3, -0.25) is 0 Å². The predicted molar refractivity (Wildman–Crippen MR) is 87.5 cm³/mol. The van der Waals surface area contributed by atoms with Crippen molar-refractivity contribution in [2.45, 2.75) is 18.4 Å². The molecule has 0 atom stereocenters. The molecule has 2 rings (SSSR count). The van der Waals surface area contributed by atoms with Gasteiger partial charge in [0.2, 0.25) is 5.60 Å². The number of aliphatic carboxylic acids is 1. The van der Waals surface area contributed by atoms with E-state index in [9.17, 15) is 14.7 Å². The van der Waals surface area contributed by atoms with Crippen LogP contribution in [0.15, 0.2) is 41.4 Å². The SMILES string of the molecule is C=CCOC(=O)N1CCC(Oc2ccccc2Br)(C(=O)O)CC1. The number of likely N-dealkylation sites (tertiary alicyclic amines) is 1. The topological polar surface area (TPSA) is 76.1 Å². The van der Waals surface area contributed by atoms with Crippen LogP contribution in [0.25, 0.3) is 0 Å². The maximum Gasteiger partial charge on any atom is 0.410 e. The number of ether oxygens (including phenoxy) is 2. The number of carboxylic acid groups (broad SMARTS) is 1. The number of amides is 1. The quantitative estimate of drug-likeness (QED) is 0.790. The van der Waals surface area contributed by atoms with Crippen molar-refractivity contribution >= 4 is 28.0 Å². The smallest absolute Gasteiger partial charge is 0.410 e. The van der Waals surface area contributed by atoms with E-state index in [1.165, 1.54) is 11.0 Å². The van der Waals surface area contributed by atoms with Gasteiger partial charge in [0.15, 0.2) is 0 Å². The second kappa shape index (κ2) is 7.50. The van der Waals surface area contributed by atoms with Gasteiger partial charge in [0.1, 0.15) is 12.4 Å². The summed E-state index contributed by atoms with van der Waals surface area (Å²) >= 11 is 3.35. The Balaban J connectivity index is 2.07. The van der Waals surface area contributed by atoms with Gasteiger partial charge in [-0.05, 0) is 28.1 Å². The number of nitrogens with zero attached hydrogens (tertiary/aromatic N) is 1. The number of carboxylic acids is 1. The van der Waals surface area contributed by atoms with E-state index in [1.54, 1.807) is 18.2 Å². The van der Waals surface area contributed by atoms with Crippen LogP contribution in [-0.4, -0.2) is 47.4 Å². The van der Waals surface area contributed by atoms with Crippen molar-refractivity contribution in [1.82, 2.24) is 4.90 Å². The molecule has 6 nitrogen and oxygen atoms in total. The molecule has 0 spiro atoms. The lowest BCUT2D eigenvalue weighted by atomic mass is 9.91. The maximum atomic E-state index is 11.8. The van der Waals surface area contributed by atoms with Crippen LogP contribution >= 0.6 is 15.9 Å². The van der Waals surface area contributed by atoms with Crippen molar-refractivity contribution in [3.05, 3.63) is 41.4 Å². The second-order valence-corrected chi connectivity index (χ2v) is 6.04. The van der Waals surface area contributed by atoms with Gasteiger partial charge in [-0.25, -0.2) is 9.59 Å². The molecule has 0 radical (unpaired) electrons. The number of piperidine rings is 1. The Hall–Kier alpha value is -2.02. The van der Waals surface area contributed by atoms with Crippen LogP contribution < -0.4 is 4.74 Å². The molecule has 1 aliphatic rings. The van der Waals surface area contributed by atoms with Crippen LogP contribution in [0.1, 0.15) is 12.8 Å². The average Bonchev–Trinajstić information content (AvgIpc) is 2.55. The fourth-order valence-electron chi connectivity index (χ4n) is 2.37. The highest BCUT2D eigenvalue weighted by Crippen LogP contribution is 2.33. The maximum absolute atomic E-state index is 11.8. The minimum atomic E-state index is -1.35. The third kappa shape index (κ3) is 4.04. The Morgan fingerprint density at radius 2 is 2.00 bits per heavy atom. The highest BCUT2D eigenvalue weighted by molar-refractivity contribution is 9.10. The Morgan fingerprint density at radius 3 is 2.57 bits per heavy atom. The van der Waals surface area contributed by atoms with Gasteiger partial charge in [-0.2, -0.15) is 0 Å². The minimum absolute atomic E-state index is 0.132. The Bertz CT molecular complexity index is 596. The van der Waals surface area contributed by atoms with Crippen molar-refractivity contribution in [2.75, 3.05) is 19.7 Å². The van der Waals surface area contributed by atoms with Gasteiger partial charge < -0.3 is 19.5 Å². The van der Waals surface area contributed by atoms with Crippen LogP contribution in [-0.2, 0) is 9.53 Å². The highest BCUT2D eigenvalue weighted by atomic mass is 79.9. The van der Waals surface area contributed by atoms with Crippen LogP contribution in [0.5, 0.6) is 5.75 Å². The number of para-hydroxylation sites is 1. The second-order valence-electron chi connectivity index (χ2n) is 5.18. The number of halogens is 1. The summed E-state index contributed by atoms with van der Waals surface area (Å²) in [6.45, 7) is 4.13. The molecule has 1 aliphatic heterocycles. The number of benzene rings is 1. The zero-order valence-corrected chi connectivity index (χ0v) is 14.1. The first-order valence-corrected chi connectivity index (χ1v) is 7.97. The molecule has 0 aliphatic carbocycles. The fourth-order valence-corrected chi connectivity index (χ4v) is 2.74. The van der Waals surface area contributed by atoms with Gasteiger partial charge in [0.25, 0.3) is 0 Å². The molecular formula is C16H18BrNO5. The molecular weight excluding hydrogens is 366 g/mol. The number of hydrogen-bond donors (Lipinski definition) is 1. The molecule has 0 aromatic heterocycles. The van der Waals surface area contributed by atoms with Gasteiger partial charge in [-0.15, -0.1) is 0 Å². The molecule has 0 unspecified atom stereocenters. The molecule has 1 aromatic rings. The van der Waals surface area contributed by atoms with Gasteiger partial charge in [0, 0.05) is 25.9 Å². The van der Waals surface area contributed by atoms with E-state index < -0.39 is 17.7 Å². The summed E-state index contributed by atoms with van der Waals surface area (Å²) in [6, 6.07) is 7.09. The van der Waals surface area contributed by atoms with Gasteiger partial charge in [0.05, 0.1) is 4.47 Å². The number of rotatable bonds is 5. The van der Waals surface area contributed by atoms with Gasteiger partial charge in [-0.1, -0.05) is 24.8 Å². The lowest BCUT2D eigenvalue weighted by molar-refractivity contribution is -0.159. The largest absolute Gasteiger partial charge is 0.478 e. The molecule has 1 N–H and O–H groups in total. The summed E-state index contributed by atoms with van der Waals surface area (Å²) in [4.78, 5) is 25.0. The lowest BCUT2D eigenvalue weighted by Gasteiger charge is -2.38. The molecule has 1 heterocycles. The van der Waals surface area contributed by atoms with Crippen molar-refractivity contribution in [1.29, 1.82) is 0 Å². The van der Waals surface area contributed by atoms with Crippen LogP contribution in [0.4, 0.5) is 4.79 Å². The highest BCUT2D eigenvalue weighted by Gasteiger charge is 2.45. The van der Waals surface area contributed by atoms with Crippen LogP contribution in [0, 0.1) is 0 Å². The van der Waals surface area contributed by atoms with E-state index >= 15 is 0 Å². The lowest BCUT2D eigenvalue weighted by Crippen LogP contribution is -2.54. The zero-order valence-electron chi connectivity index (χ0n) is 12.5. The summed E-state index contributed by atoms with van der Waals surface area (Å²) in [5.74, 6) is -0.565. The van der Waals surface area contributed by atoms with Crippen molar-refractivity contribution in [3.8, 4) is 5.75 Å². The Morgan fingerprint density at radius 1 is 1.35 bits per heavy atom. The molecule has 1 amide bonds. The van der Waals surface area contributed by atoms with E-state index in [2.05, 4.69) is 22.5 Å². The monoisotopic (exact) mass is 383 g/mol. The van der Waals surface area contributed by atoms with E-state index in [0.717, 1.165) is 0 Å².